The number of carbonyl (C=O) groups excluding carboxylic acids is 2. The van der Waals surface area contributed by atoms with E-state index in [0.29, 0.717) is 0 Å². The van der Waals surface area contributed by atoms with Crippen molar-refractivity contribution in [1.29, 1.82) is 0 Å². The molecule has 8 nitrogen and oxygen atoms in total. The highest BCUT2D eigenvalue weighted by Crippen LogP contribution is 2.18. The van der Waals surface area contributed by atoms with Gasteiger partial charge in [0.05, 0.1) is 11.1 Å². The topological polar surface area (TPSA) is 112 Å². The van der Waals surface area contributed by atoms with Crippen LogP contribution in [0.1, 0.15) is 20.7 Å². The summed E-state index contributed by atoms with van der Waals surface area (Å²) >= 11 is 0. The summed E-state index contributed by atoms with van der Waals surface area (Å²) in [5.41, 5.74) is 0.107. The largest absolute Gasteiger partial charge is 0.508 e. The number of phenols is 2. The van der Waals surface area contributed by atoms with Crippen molar-refractivity contribution in [2.75, 3.05) is 0 Å². The van der Waals surface area contributed by atoms with Gasteiger partial charge in [-0.15, -0.1) is 0 Å². The molecule has 0 aliphatic heterocycles. The summed E-state index contributed by atoms with van der Waals surface area (Å²) in [5.74, 6) is -1.16. The fourth-order valence-electron chi connectivity index (χ4n) is 2.04. The van der Waals surface area contributed by atoms with Crippen molar-refractivity contribution in [2.45, 2.75) is 0 Å². The van der Waals surface area contributed by atoms with Crippen LogP contribution in [0.2, 0.25) is 0 Å². The van der Waals surface area contributed by atoms with Gasteiger partial charge in [0.1, 0.15) is 11.5 Å². The molecular formula is C20H14O8. The van der Waals surface area contributed by atoms with Gasteiger partial charge in [-0.3, -0.25) is 9.78 Å². The molecule has 0 atom stereocenters. The van der Waals surface area contributed by atoms with Gasteiger partial charge in [-0.2, -0.15) is 0 Å². The van der Waals surface area contributed by atoms with Gasteiger partial charge < -0.3 is 10.2 Å². The van der Waals surface area contributed by atoms with Crippen molar-refractivity contribution in [1.82, 2.24) is 0 Å². The number of rotatable bonds is 6. The van der Waals surface area contributed by atoms with Gasteiger partial charge in [-0.05, 0) is 66.7 Å². The molecule has 2 N–H and O–H groups in total. The van der Waals surface area contributed by atoms with Crippen molar-refractivity contribution < 1.29 is 39.4 Å². The van der Waals surface area contributed by atoms with E-state index in [-0.39, 0.29) is 34.1 Å². The molecule has 0 saturated heterocycles. The average molecular weight is 382 g/mol. The molecule has 28 heavy (non-hydrogen) atoms. The lowest BCUT2D eigenvalue weighted by Gasteiger charge is -2.07. The third kappa shape index (κ3) is 4.92. The van der Waals surface area contributed by atoms with Crippen LogP contribution in [-0.4, -0.2) is 22.2 Å². The SMILES string of the molecule is O=C(OOc1ccc(O)cc1)c1cccc(C(=O)OOc2ccc(O)cc2)c1. The Kier molecular flexibility index (Phi) is 5.61. The first-order valence-electron chi connectivity index (χ1n) is 7.97. The zero-order valence-electron chi connectivity index (χ0n) is 14.3. The van der Waals surface area contributed by atoms with Crippen LogP contribution < -0.4 is 9.78 Å². The Bertz CT molecular complexity index is 888. The van der Waals surface area contributed by atoms with E-state index in [1.807, 2.05) is 0 Å². The Balaban J connectivity index is 1.58. The summed E-state index contributed by atoms with van der Waals surface area (Å²) in [6, 6.07) is 16.7. The van der Waals surface area contributed by atoms with Gasteiger partial charge in [0.25, 0.3) is 0 Å². The molecule has 3 aromatic rings. The molecular weight excluding hydrogens is 368 g/mol. The second-order valence-corrected chi connectivity index (χ2v) is 5.48. The highest BCUT2D eigenvalue weighted by atomic mass is 17.2. The molecule has 0 aromatic heterocycles. The van der Waals surface area contributed by atoms with Crippen LogP contribution in [0.5, 0.6) is 23.0 Å². The molecule has 142 valence electrons. The maximum absolute atomic E-state index is 12.1. The van der Waals surface area contributed by atoms with E-state index in [2.05, 4.69) is 0 Å². The van der Waals surface area contributed by atoms with Crippen molar-refractivity contribution in [3.05, 3.63) is 83.9 Å². The van der Waals surface area contributed by atoms with Crippen molar-refractivity contribution in [3.8, 4) is 23.0 Å². The van der Waals surface area contributed by atoms with Crippen LogP contribution >= 0.6 is 0 Å². The summed E-state index contributed by atoms with van der Waals surface area (Å²) in [6.45, 7) is 0. The standard InChI is InChI=1S/C20H14O8/c21-15-4-8-17(9-5-15)25-27-19(23)13-2-1-3-14(12-13)20(24)28-26-18-10-6-16(22)7-11-18/h1-12,21-22H. The van der Waals surface area contributed by atoms with Crippen LogP contribution in [0.4, 0.5) is 0 Å². The predicted octanol–water partition coefficient (Wildman–Crippen LogP) is 3.40. The molecule has 3 rings (SSSR count). The predicted molar refractivity (Wildman–Crippen MR) is 94.7 cm³/mol. The summed E-state index contributed by atoms with van der Waals surface area (Å²) < 4.78 is 0. The first-order chi connectivity index (χ1) is 13.5. The Hall–Kier alpha value is -4.20. The fourth-order valence-corrected chi connectivity index (χ4v) is 2.04. The molecule has 0 bridgehead atoms. The normalized spacial score (nSPS) is 10.0. The number of phenolic OH excluding ortho intramolecular Hbond substituents is 2. The molecule has 0 heterocycles. The van der Waals surface area contributed by atoms with Crippen LogP contribution in [0, 0.1) is 0 Å². The first-order valence-corrected chi connectivity index (χ1v) is 7.97. The molecule has 0 spiro atoms. The third-order valence-corrected chi connectivity index (χ3v) is 3.43. The Morgan fingerprint density at radius 1 is 0.607 bits per heavy atom. The smallest absolute Gasteiger partial charge is 0.386 e. The van der Waals surface area contributed by atoms with Crippen LogP contribution in [0.15, 0.2) is 72.8 Å². The molecule has 8 heteroatoms. The van der Waals surface area contributed by atoms with Gasteiger partial charge in [0.2, 0.25) is 0 Å². The van der Waals surface area contributed by atoms with Gasteiger partial charge in [-0.25, -0.2) is 19.4 Å². The number of hydrogen-bond donors (Lipinski definition) is 2. The number of aromatic hydroxyl groups is 2. The second-order valence-electron chi connectivity index (χ2n) is 5.48. The van der Waals surface area contributed by atoms with Crippen molar-refractivity contribution in [3.63, 3.8) is 0 Å². The van der Waals surface area contributed by atoms with Crippen LogP contribution in [0.3, 0.4) is 0 Å². The maximum atomic E-state index is 12.1. The second kappa shape index (κ2) is 8.45. The highest BCUT2D eigenvalue weighted by molar-refractivity contribution is 5.94. The van der Waals surface area contributed by atoms with Gasteiger partial charge in [-0.1, -0.05) is 6.07 Å². The third-order valence-electron chi connectivity index (χ3n) is 3.43. The Morgan fingerprint density at radius 2 is 1.00 bits per heavy atom. The summed E-state index contributed by atoms with van der Waals surface area (Å²) in [7, 11) is 0. The van der Waals surface area contributed by atoms with E-state index >= 15 is 0 Å². The van der Waals surface area contributed by atoms with E-state index in [1.165, 1.54) is 72.8 Å². The number of hydrogen-bond acceptors (Lipinski definition) is 8. The molecule has 0 aliphatic carbocycles. The minimum absolute atomic E-state index is 0.0411. The monoisotopic (exact) mass is 382 g/mol. The minimum Gasteiger partial charge on any atom is -0.508 e. The maximum Gasteiger partial charge on any atom is 0.386 e. The lowest BCUT2D eigenvalue weighted by Crippen LogP contribution is -2.12. The summed E-state index contributed by atoms with van der Waals surface area (Å²) in [6.07, 6.45) is 0. The van der Waals surface area contributed by atoms with E-state index < -0.39 is 11.9 Å². The van der Waals surface area contributed by atoms with Crippen molar-refractivity contribution >= 4 is 11.9 Å². The zero-order chi connectivity index (χ0) is 19.9. The van der Waals surface area contributed by atoms with Gasteiger partial charge >= 0.3 is 11.9 Å². The number of carbonyl (C=O) groups is 2. The molecule has 0 radical (unpaired) electrons. The van der Waals surface area contributed by atoms with Gasteiger partial charge in [0, 0.05) is 0 Å². The molecule has 0 fully saturated rings. The minimum atomic E-state index is -0.831. The molecule has 0 amide bonds. The lowest BCUT2D eigenvalue weighted by molar-refractivity contribution is -0.150. The molecule has 0 unspecified atom stereocenters. The summed E-state index contributed by atoms with van der Waals surface area (Å²) in [4.78, 5) is 43.3. The fraction of sp³-hybridized carbons (Fsp3) is 0. The quantitative estimate of drug-likeness (QED) is 0.493. The van der Waals surface area contributed by atoms with Gasteiger partial charge in [0.15, 0.2) is 11.5 Å². The molecule has 0 saturated carbocycles. The first kappa shape index (κ1) is 18.6. The average Bonchev–Trinajstić information content (AvgIpc) is 2.72. The number of benzene rings is 3. The molecule has 0 aliphatic rings. The van der Waals surface area contributed by atoms with Crippen molar-refractivity contribution in [2.24, 2.45) is 0 Å². The van der Waals surface area contributed by atoms with E-state index in [0.717, 1.165) is 0 Å². The van der Waals surface area contributed by atoms with E-state index in [4.69, 9.17) is 19.6 Å². The molecule has 3 aromatic carbocycles. The Morgan fingerprint density at radius 3 is 1.39 bits per heavy atom. The van der Waals surface area contributed by atoms with E-state index in [1.54, 1.807) is 0 Å². The van der Waals surface area contributed by atoms with E-state index in [9.17, 15) is 19.8 Å². The Labute approximate surface area is 158 Å². The zero-order valence-corrected chi connectivity index (χ0v) is 14.3. The lowest BCUT2D eigenvalue weighted by atomic mass is 10.1. The highest BCUT2D eigenvalue weighted by Gasteiger charge is 2.15. The summed E-state index contributed by atoms with van der Waals surface area (Å²) in [5, 5.41) is 18.4. The van der Waals surface area contributed by atoms with Crippen LogP contribution in [0.25, 0.3) is 0 Å². The van der Waals surface area contributed by atoms with Crippen LogP contribution in [-0.2, 0) is 9.78 Å².